The van der Waals surface area contributed by atoms with Crippen LogP contribution in [0, 0.1) is 0 Å². The van der Waals surface area contributed by atoms with E-state index in [1.54, 1.807) is 31.2 Å². The molecule has 1 aliphatic heterocycles. The molecule has 1 unspecified atom stereocenters. The molecule has 0 saturated carbocycles. The SMILES string of the molecule is CCC(NC(=O)/C=C/c1ccc2c(c1)OCO2)C(=O)O. The average molecular weight is 277 g/mol. The van der Waals surface area contributed by atoms with Gasteiger partial charge in [0, 0.05) is 6.08 Å². The van der Waals surface area contributed by atoms with Crippen molar-refractivity contribution in [2.45, 2.75) is 19.4 Å². The quantitative estimate of drug-likeness (QED) is 0.795. The number of aliphatic carboxylic acids is 1. The summed E-state index contributed by atoms with van der Waals surface area (Å²) in [5.41, 5.74) is 0.771. The van der Waals surface area contributed by atoms with Crippen molar-refractivity contribution in [2.24, 2.45) is 0 Å². The van der Waals surface area contributed by atoms with E-state index < -0.39 is 17.9 Å². The molecule has 1 aliphatic rings. The number of hydrogen-bond donors (Lipinski definition) is 2. The Bertz CT molecular complexity index is 552. The van der Waals surface area contributed by atoms with Gasteiger partial charge in [-0.2, -0.15) is 0 Å². The number of benzene rings is 1. The Kier molecular flexibility index (Phi) is 4.24. The number of carboxylic acids is 1. The van der Waals surface area contributed by atoms with Crippen LogP contribution in [0.5, 0.6) is 11.5 Å². The van der Waals surface area contributed by atoms with E-state index in [1.807, 2.05) is 0 Å². The topological polar surface area (TPSA) is 84.9 Å². The van der Waals surface area contributed by atoms with Crippen molar-refractivity contribution >= 4 is 18.0 Å². The summed E-state index contributed by atoms with van der Waals surface area (Å²) in [6.45, 7) is 1.89. The van der Waals surface area contributed by atoms with E-state index in [9.17, 15) is 9.59 Å². The molecule has 0 saturated heterocycles. The molecule has 2 N–H and O–H groups in total. The molecule has 2 rings (SSSR count). The van der Waals surface area contributed by atoms with E-state index >= 15 is 0 Å². The van der Waals surface area contributed by atoms with Crippen LogP contribution >= 0.6 is 0 Å². The number of carboxylic acid groups (broad SMARTS) is 1. The van der Waals surface area contributed by atoms with Gasteiger partial charge >= 0.3 is 5.97 Å². The summed E-state index contributed by atoms with van der Waals surface area (Å²) in [5, 5.41) is 11.3. The van der Waals surface area contributed by atoms with Crippen LogP contribution in [0.25, 0.3) is 6.08 Å². The second-order valence-corrected chi connectivity index (χ2v) is 4.25. The van der Waals surface area contributed by atoms with E-state index in [0.29, 0.717) is 17.9 Å². The van der Waals surface area contributed by atoms with Gasteiger partial charge in [-0.1, -0.05) is 13.0 Å². The molecule has 0 fully saturated rings. The molecule has 1 heterocycles. The number of fused-ring (bicyclic) bond motifs is 1. The van der Waals surface area contributed by atoms with Crippen LogP contribution in [0.2, 0.25) is 0 Å². The van der Waals surface area contributed by atoms with Crippen LogP contribution < -0.4 is 14.8 Å². The average Bonchev–Trinajstić information content (AvgIpc) is 2.89. The minimum atomic E-state index is -1.04. The maximum Gasteiger partial charge on any atom is 0.326 e. The third-order valence-electron chi connectivity index (χ3n) is 2.85. The number of carbonyl (C=O) groups is 2. The summed E-state index contributed by atoms with van der Waals surface area (Å²) in [5.74, 6) is -0.192. The molecule has 0 aromatic heterocycles. The van der Waals surface area contributed by atoms with Crippen molar-refractivity contribution in [1.29, 1.82) is 0 Å². The van der Waals surface area contributed by atoms with Gasteiger partial charge in [0.15, 0.2) is 11.5 Å². The standard InChI is InChI=1S/C14H15NO5/c1-2-10(14(17)18)15-13(16)6-4-9-3-5-11-12(7-9)20-8-19-11/h3-7,10H,2,8H2,1H3,(H,15,16)(H,17,18)/b6-4+. The summed E-state index contributed by atoms with van der Waals surface area (Å²) >= 11 is 0. The maximum atomic E-state index is 11.6. The first-order valence-electron chi connectivity index (χ1n) is 6.21. The van der Waals surface area contributed by atoms with Gasteiger partial charge in [0.2, 0.25) is 12.7 Å². The lowest BCUT2D eigenvalue weighted by atomic mass is 10.2. The van der Waals surface area contributed by atoms with E-state index in [1.165, 1.54) is 6.08 Å². The summed E-state index contributed by atoms with van der Waals surface area (Å²) in [6, 6.07) is 4.42. The Labute approximate surface area is 116 Å². The first kappa shape index (κ1) is 13.9. The summed E-state index contributed by atoms with van der Waals surface area (Å²) in [4.78, 5) is 22.4. The largest absolute Gasteiger partial charge is 0.480 e. The molecule has 1 atom stereocenters. The second-order valence-electron chi connectivity index (χ2n) is 4.25. The summed E-state index contributed by atoms with van der Waals surface area (Å²) in [6.07, 6.45) is 3.22. The van der Waals surface area contributed by atoms with Crippen molar-refractivity contribution in [2.75, 3.05) is 6.79 Å². The van der Waals surface area contributed by atoms with Crippen LogP contribution in [-0.2, 0) is 9.59 Å². The molecule has 6 heteroatoms. The van der Waals surface area contributed by atoms with Crippen molar-refractivity contribution in [3.05, 3.63) is 29.8 Å². The Morgan fingerprint density at radius 3 is 2.85 bits per heavy atom. The molecule has 0 radical (unpaired) electrons. The molecule has 20 heavy (non-hydrogen) atoms. The normalized spacial score (nSPS) is 14.2. The summed E-state index contributed by atoms with van der Waals surface area (Å²) < 4.78 is 10.4. The minimum Gasteiger partial charge on any atom is -0.480 e. The van der Waals surface area contributed by atoms with Gasteiger partial charge in [0.05, 0.1) is 0 Å². The number of carbonyl (C=O) groups excluding carboxylic acids is 1. The van der Waals surface area contributed by atoms with Crippen LogP contribution in [0.4, 0.5) is 0 Å². The molecule has 106 valence electrons. The van der Waals surface area contributed by atoms with E-state index in [-0.39, 0.29) is 6.79 Å². The summed E-state index contributed by atoms with van der Waals surface area (Å²) in [7, 11) is 0. The monoisotopic (exact) mass is 277 g/mol. The second kappa shape index (κ2) is 6.10. The lowest BCUT2D eigenvalue weighted by molar-refractivity contribution is -0.141. The van der Waals surface area contributed by atoms with E-state index in [4.69, 9.17) is 14.6 Å². The van der Waals surface area contributed by atoms with Crippen molar-refractivity contribution in [1.82, 2.24) is 5.32 Å². The predicted octanol–water partition coefficient (Wildman–Crippen LogP) is 1.41. The fourth-order valence-corrected chi connectivity index (χ4v) is 1.75. The molecular formula is C14H15NO5. The van der Waals surface area contributed by atoms with Gasteiger partial charge in [-0.3, -0.25) is 4.79 Å². The van der Waals surface area contributed by atoms with Crippen molar-refractivity contribution in [3.8, 4) is 11.5 Å². The molecule has 1 aromatic rings. The lowest BCUT2D eigenvalue weighted by Crippen LogP contribution is -2.39. The molecular weight excluding hydrogens is 262 g/mol. The van der Waals surface area contributed by atoms with Crippen LogP contribution in [0.1, 0.15) is 18.9 Å². The molecule has 0 bridgehead atoms. The minimum absolute atomic E-state index is 0.194. The highest BCUT2D eigenvalue weighted by Crippen LogP contribution is 2.32. The van der Waals surface area contributed by atoms with E-state index in [2.05, 4.69) is 5.32 Å². The zero-order valence-corrected chi connectivity index (χ0v) is 11.0. The zero-order valence-electron chi connectivity index (χ0n) is 11.0. The highest BCUT2D eigenvalue weighted by Gasteiger charge is 2.16. The van der Waals surface area contributed by atoms with E-state index in [0.717, 1.165) is 5.56 Å². The zero-order chi connectivity index (χ0) is 14.5. The lowest BCUT2D eigenvalue weighted by Gasteiger charge is -2.09. The highest BCUT2D eigenvalue weighted by molar-refractivity contribution is 5.94. The molecule has 6 nitrogen and oxygen atoms in total. The van der Waals surface area contributed by atoms with Crippen LogP contribution in [0.3, 0.4) is 0 Å². The van der Waals surface area contributed by atoms with Gasteiger partial charge < -0.3 is 19.9 Å². The first-order valence-corrected chi connectivity index (χ1v) is 6.21. The Hall–Kier alpha value is -2.50. The molecule has 0 aliphatic carbocycles. The third-order valence-corrected chi connectivity index (χ3v) is 2.85. The maximum absolute atomic E-state index is 11.6. The van der Waals surface area contributed by atoms with Gasteiger partial charge in [-0.05, 0) is 30.2 Å². The van der Waals surface area contributed by atoms with Crippen LogP contribution in [0.15, 0.2) is 24.3 Å². The number of nitrogens with one attached hydrogen (secondary N) is 1. The van der Waals surface area contributed by atoms with Crippen LogP contribution in [-0.4, -0.2) is 29.8 Å². The number of hydrogen-bond acceptors (Lipinski definition) is 4. The first-order chi connectivity index (χ1) is 9.60. The number of rotatable bonds is 5. The Balaban J connectivity index is 1.98. The molecule has 1 aromatic carbocycles. The van der Waals surface area contributed by atoms with Gasteiger partial charge in [-0.15, -0.1) is 0 Å². The smallest absolute Gasteiger partial charge is 0.326 e. The fraction of sp³-hybridized carbons (Fsp3) is 0.286. The molecule has 0 spiro atoms. The van der Waals surface area contributed by atoms with Gasteiger partial charge in [0.25, 0.3) is 0 Å². The highest BCUT2D eigenvalue weighted by atomic mass is 16.7. The molecule has 1 amide bonds. The number of ether oxygens (including phenoxy) is 2. The van der Waals surface area contributed by atoms with Crippen molar-refractivity contribution < 1.29 is 24.2 Å². The van der Waals surface area contributed by atoms with Gasteiger partial charge in [0.1, 0.15) is 6.04 Å². The fourth-order valence-electron chi connectivity index (χ4n) is 1.75. The Morgan fingerprint density at radius 1 is 1.40 bits per heavy atom. The predicted molar refractivity (Wildman–Crippen MR) is 71.5 cm³/mol. The van der Waals surface area contributed by atoms with Crippen molar-refractivity contribution in [3.63, 3.8) is 0 Å². The van der Waals surface area contributed by atoms with Gasteiger partial charge in [-0.25, -0.2) is 4.79 Å². The third kappa shape index (κ3) is 3.28. The Morgan fingerprint density at radius 2 is 2.15 bits per heavy atom. The number of amides is 1.